The first-order chi connectivity index (χ1) is 57.4. The maximum absolute atomic E-state index is 12.4. The smallest absolute Gasteiger partial charge is 0.256 e. The number of benzene rings is 7. The predicted molar refractivity (Wildman–Crippen MR) is 499 cm³/mol. The molecule has 0 aliphatic carbocycles. The van der Waals surface area contributed by atoms with E-state index in [4.69, 9.17) is 77.1 Å². The summed E-state index contributed by atoms with van der Waals surface area (Å²) in [5.41, 5.74) is 63.0. The van der Waals surface area contributed by atoms with Gasteiger partial charge < -0.3 is 142 Å². The number of hydrogen-bond acceptors (Lipinski definition) is 27. The van der Waals surface area contributed by atoms with Gasteiger partial charge in [0.25, 0.3) is 41.4 Å². The van der Waals surface area contributed by atoms with Crippen LogP contribution in [0.2, 0.25) is 0 Å². The van der Waals surface area contributed by atoms with E-state index in [9.17, 15) is 38.7 Å². The highest BCUT2D eigenvalue weighted by Crippen LogP contribution is 2.30. The summed E-state index contributed by atoms with van der Waals surface area (Å²) in [6, 6.07) is 36.7. The molecule has 0 aromatic heterocycles. The minimum absolute atomic E-state index is 0.0303. The van der Waals surface area contributed by atoms with Gasteiger partial charge in [-0.15, -0.1) is 0 Å². The van der Waals surface area contributed by atoms with E-state index in [0.717, 1.165) is 72.3 Å². The number of nitrogen functional groups attached to an aromatic ring is 7. The summed E-state index contributed by atoms with van der Waals surface area (Å²) < 4.78 is 0. The zero-order chi connectivity index (χ0) is 92.4. The molecule has 7 aromatic carbocycles. The summed E-state index contributed by atoms with van der Waals surface area (Å²) in [7, 11) is 18.7. The molecule has 0 bridgehead atoms. The molecule has 2 atom stereocenters. The number of hydrogen-bond donors (Lipinski definition) is 18. The Bertz CT molecular complexity index is 4430. The molecule has 7 amide bonds. The molecule has 0 radical (unpaired) electrons. The highest BCUT2D eigenvalue weighted by Gasteiger charge is 2.26. The molecule has 1 aliphatic rings. The van der Waals surface area contributed by atoms with E-state index in [1.807, 2.05) is 152 Å². The minimum atomic E-state index is -0.661. The van der Waals surface area contributed by atoms with E-state index in [1.54, 1.807) is 129 Å². The third-order valence-corrected chi connectivity index (χ3v) is 18.6. The number of nitrogens with zero attached hydrogens (tertiary/aromatic N) is 9. The average Bonchev–Trinajstić information content (AvgIpc) is 0.901. The first kappa shape index (κ1) is 106. The summed E-state index contributed by atoms with van der Waals surface area (Å²) >= 11 is 0. The molecule has 34 nitrogen and oxygen atoms in total. The Balaban J connectivity index is 0.000000482. The highest BCUT2D eigenvalue weighted by molar-refractivity contribution is 6.05. The molecule has 0 spiro atoms. The first-order valence-corrected chi connectivity index (χ1v) is 40.4. The molecule has 674 valence electrons. The zero-order valence-corrected chi connectivity index (χ0v) is 74.5. The predicted octanol–water partition coefficient (Wildman–Crippen LogP) is 5.63. The number of anilines is 14. The van der Waals surface area contributed by atoms with Crippen molar-refractivity contribution < 1.29 is 64.2 Å². The standard InChI is InChI=1S/C13H21N3O3.2C13H21N3O2.C13H21N3O.2C12H19N3O2.C12H17N3O/c1-15(2)12-4-3-10(14)9-11(12)13(19)16(5-7-17)6-8-18;1-13(2,8-17)15-12(18)10-7-9(14)5-6-11(10)16(3)4;1-4-16(7-8-17)13(18)11-9-10(14)5-6-12(11)15(2)3;1-5-9(2)15-13(17)11-8-10(14)6-7-12(11)16(3)4;1-8(16)7-14-12(17)10-6-9(13)4-5-11(10)15(2)3;1-2-5-15(6-7-16)11-4-3-9(13)8-10(11)12(14)17;13-9-4-5-11(10(8-9)12(14)16)15-6-2-1-3-7-15/h3-4,9,17-18H,5-8,14H2,1-2H3;5-7,17H,8,14H2,1-4H3,(H,15,18);5-6,9,17H,4,7-8,14H2,1-3H3;6-9H,5,14H2,1-4H3,(H,15,17);4-6,8,16H,7,13H2,1-3H3,(H,14,17);3-4,8,16H,2,5-7,13H2,1H3,(H2,14,17);4-5,8H,1-3,6-7,13H2,(H2,14,16). The number of aliphatic hydroxyl groups is 6. The van der Waals surface area contributed by atoms with Gasteiger partial charge in [-0.1, -0.05) is 13.8 Å². The molecular formula is C88H139N21O13. The zero-order valence-electron chi connectivity index (χ0n) is 74.5. The molecule has 0 saturated carbocycles. The second kappa shape index (κ2) is 53.4. The van der Waals surface area contributed by atoms with Crippen LogP contribution in [-0.4, -0.2) is 262 Å². The number of carbonyl (C=O) groups excluding carboxylic acids is 7. The van der Waals surface area contributed by atoms with Crippen molar-refractivity contribution in [3.8, 4) is 0 Å². The molecule has 1 heterocycles. The van der Waals surface area contributed by atoms with Crippen LogP contribution in [0.5, 0.6) is 0 Å². The molecule has 1 saturated heterocycles. The summed E-state index contributed by atoms with van der Waals surface area (Å²) in [5, 5.41) is 62.6. The summed E-state index contributed by atoms with van der Waals surface area (Å²) in [6.45, 7) is 17.3. The summed E-state index contributed by atoms with van der Waals surface area (Å²) in [4.78, 5) is 100. The third kappa shape index (κ3) is 35.2. The summed E-state index contributed by atoms with van der Waals surface area (Å²) in [5.74, 6) is -1.83. The van der Waals surface area contributed by atoms with Crippen LogP contribution in [0.15, 0.2) is 127 Å². The molecule has 122 heavy (non-hydrogen) atoms. The van der Waals surface area contributed by atoms with Gasteiger partial charge in [0, 0.05) is 215 Å². The van der Waals surface area contributed by atoms with Crippen molar-refractivity contribution in [1.29, 1.82) is 0 Å². The third-order valence-electron chi connectivity index (χ3n) is 18.6. The van der Waals surface area contributed by atoms with E-state index in [2.05, 4.69) is 20.9 Å². The lowest BCUT2D eigenvalue weighted by Gasteiger charge is -2.30. The van der Waals surface area contributed by atoms with Crippen LogP contribution < -0.4 is 102 Å². The van der Waals surface area contributed by atoms with E-state index in [0.29, 0.717) is 98.4 Å². The van der Waals surface area contributed by atoms with Gasteiger partial charge in [0.1, 0.15) is 0 Å². The number of aliphatic hydroxyl groups excluding tert-OH is 6. The number of primary amides is 2. The van der Waals surface area contributed by atoms with Gasteiger partial charge in [-0.3, -0.25) is 33.6 Å². The van der Waals surface area contributed by atoms with Gasteiger partial charge in [-0.2, -0.15) is 0 Å². The molecule has 27 N–H and O–H groups in total. The Morgan fingerprint density at radius 1 is 0.418 bits per heavy atom. The summed E-state index contributed by atoms with van der Waals surface area (Å²) in [6.07, 6.45) is 4.86. The van der Waals surface area contributed by atoms with Crippen molar-refractivity contribution in [2.45, 2.75) is 98.3 Å². The quantitative estimate of drug-likeness (QED) is 0.0234. The van der Waals surface area contributed by atoms with Gasteiger partial charge in [0.15, 0.2) is 0 Å². The van der Waals surface area contributed by atoms with Crippen LogP contribution in [0, 0.1) is 0 Å². The number of amides is 7. The lowest BCUT2D eigenvalue weighted by molar-refractivity contribution is 0.0684. The molecule has 2 unspecified atom stereocenters. The number of rotatable bonds is 31. The van der Waals surface area contributed by atoms with E-state index >= 15 is 0 Å². The lowest BCUT2D eigenvalue weighted by Crippen LogP contribution is -2.46. The molecular weight excluding hydrogens is 1560 g/mol. The molecule has 1 aliphatic heterocycles. The van der Waals surface area contributed by atoms with Gasteiger partial charge in [0.2, 0.25) is 0 Å². The van der Waals surface area contributed by atoms with E-state index in [-0.39, 0.29) is 88.2 Å². The number of nitrogens with two attached hydrogens (primary N) is 9. The Morgan fingerprint density at radius 2 is 0.746 bits per heavy atom. The fourth-order valence-corrected chi connectivity index (χ4v) is 12.1. The first-order valence-electron chi connectivity index (χ1n) is 40.4. The maximum Gasteiger partial charge on any atom is 0.256 e. The second-order valence-corrected chi connectivity index (χ2v) is 30.6. The van der Waals surface area contributed by atoms with Crippen molar-refractivity contribution in [2.24, 2.45) is 11.5 Å². The second-order valence-electron chi connectivity index (χ2n) is 30.6. The van der Waals surface area contributed by atoms with Crippen LogP contribution in [0.1, 0.15) is 153 Å². The largest absolute Gasteiger partial charge is 0.399 e. The highest BCUT2D eigenvalue weighted by atomic mass is 16.3. The SMILES string of the molecule is CC(O)CNC(=O)c1cc(N)ccc1N(C)C.CCC(C)NC(=O)c1cc(N)ccc1N(C)C.CCCN(CCO)c1ccc(N)cc1C(N)=O.CCN(CCO)C(=O)c1cc(N)ccc1N(C)C.CN(C)c1ccc(N)cc1C(=O)N(CCO)CCO.CN(C)c1ccc(N)cc1C(=O)NC(C)(C)CO.NC(=O)c1cc(N)ccc1N1CCCCC1. The fraction of sp³-hybridized carbons (Fsp3) is 0.443. The fourth-order valence-electron chi connectivity index (χ4n) is 12.1. The molecule has 8 rings (SSSR count). The van der Waals surface area contributed by atoms with Crippen LogP contribution in [0.25, 0.3) is 0 Å². The van der Waals surface area contributed by atoms with Crippen molar-refractivity contribution >= 4 is 121 Å². The van der Waals surface area contributed by atoms with Crippen LogP contribution >= 0.6 is 0 Å². The Labute approximate surface area is 720 Å². The van der Waals surface area contributed by atoms with Crippen LogP contribution in [0.4, 0.5) is 79.6 Å². The molecule has 1 fully saturated rings. The van der Waals surface area contributed by atoms with Gasteiger partial charge >= 0.3 is 0 Å². The van der Waals surface area contributed by atoms with Gasteiger partial charge in [-0.25, -0.2) is 0 Å². The van der Waals surface area contributed by atoms with Crippen molar-refractivity contribution in [1.82, 2.24) is 25.8 Å². The lowest BCUT2D eigenvalue weighted by atomic mass is 10.0. The number of likely N-dealkylation sites (N-methyl/N-ethyl adjacent to an activating group) is 1. The Morgan fingerprint density at radius 3 is 1.09 bits per heavy atom. The monoisotopic (exact) mass is 1700 g/mol. The molecule has 7 aromatic rings. The number of nitrogens with one attached hydrogen (secondary N) is 3. The minimum Gasteiger partial charge on any atom is -0.399 e. The van der Waals surface area contributed by atoms with Crippen molar-refractivity contribution in [3.05, 3.63) is 166 Å². The Kier molecular flexibility index (Phi) is 46.4. The van der Waals surface area contributed by atoms with Crippen molar-refractivity contribution in [3.63, 3.8) is 0 Å². The van der Waals surface area contributed by atoms with E-state index < -0.39 is 23.5 Å². The van der Waals surface area contributed by atoms with Gasteiger partial charge in [-0.05, 0) is 194 Å². The van der Waals surface area contributed by atoms with Crippen LogP contribution in [0.3, 0.4) is 0 Å². The number of piperidine rings is 1. The normalized spacial score (nSPS) is 11.6. The maximum atomic E-state index is 12.4. The molecule has 34 heteroatoms. The van der Waals surface area contributed by atoms with Gasteiger partial charge in [0.05, 0.1) is 83.6 Å². The van der Waals surface area contributed by atoms with Crippen LogP contribution in [-0.2, 0) is 0 Å². The van der Waals surface area contributed by atoms with Crippen molar-refractivity contribution in [2.75, 3.05) is 237 Å². The van der Waals surface area contributed by atoms with E-state index in [1.165, 1.54) is 24.2 Å². The number of carbonyl (C=O) groups is 7. The Hall–Kier alpha value is -12.2. The topological polar surface area (TPSA) is 540 Å². The average molecular weight is 1700 g/mol.